The van der Waals surface area contributed by atoms with Gasteiger partial charge in [-0.15, -0.1) is 0 Å². The summed E-state index contributed by atoms with van der Waals surface area (Å²) in [5.74, 6) is -0.642. The summed E-state index contributed by atoms with van der Waals surface area (Å²) in [6.45, 7) is 1.26. The lowest BCUT2D eigenvalue weighted by Crippen LogP contribution is -2.33. The summed E-state index contributed by atoms with van der Waals surface area (Å²) in [7, 11) is 1.19. The number of hydrogen-bond donors (Lipinski definition) is 1. The Hall–Kier alpha value is -1.76. The minimum Gasteiger partial charge on any atom is -0.468 e. The van der Waals surface area contributed by atoms with Crippen LogP contribution in [0.4, 0.5) is 18.9 Å². The molecule has 1 heterocycles. The van der Waals surface area contributed by atoms with Crippen LogP contribution >= 0.6 is 0 Å². The van der Waals surface area contributed by atoms with Crippen LogP contribution in [-0.2, 0) is 22.1 Å². The van der Waals surface area contributed by atoms with E-state index in [0.29, 0.717) is 18.7 Å². The van der Waals surface area contributed by atoms with Gasteiger partial charge >= 0.3 is 12.1 Å². The maximum atomic E-state index is 13.3. The zero-order valence-corrected chi connectivity index (χ0v) is 12.3. The number of alkyl halides is 3. The van der Waals surface area contributed by atoms with E-state index in [0.717, 1.165) is 18.9 Å². The van der Waals surface area contributed by atoms with Crippen LogP contribution < -0.4 is 10.6 Å². The molecule has 0 amide bonds. The van der Waals surface area contributed by atoms with Gasteiger partial charge in [0, 0.05) is 18.8 Å². The van der Waals surface area contributed by atoms with E-state index in [2.05, 4.69) is 4.74 Å². The van der Waals surface area contributed by atoms with Crippen molar-refractivity contribution < 1.29 is 22.7 Å². The molecule has 1 saturated heterocycles. The Morgan fingerprint density at radius 3 is 2.55 bits per heavy atom. The van der Waals surface area contributed by atoms with Crippen LogP contribution in [0.3, 0.4) is 0 Å². The molecule has 1 fully saturated rings. The third-order valence-electron chi connectivity index (χ3n) is 3.77. The van der Waals surface area contributed by atoms with E-state index in [1.165, 1.54) is 13.2 Å². The highest BCUT2D eigenvalue weighted by Gasteiger charge is 2.35. The lowest BCUT2D eigenvalue weighted by atomic mass is 10.0. The quantitative estimate of drug-likeness (QED) is 0.866. The average molecular weight is 316 g/mol. The molecule has 0 radical (unpaired) electrons. The van der Waals surface area contributed by atoms with Gasteiger partial charge in [0.15, 0.2) is 0 Å². The van der Waals surface area contributed by atoms with Gasteiger partial charge in [0.05, 0.1) is 12.7 Å². The van der Waals surface area contributed by atoms with Crippen molar-refractivity contribution in [2.24, 2.45) is 5.73 Å². The smallest absolute Gasteiger partial charge is 0.418 e. The van der Waals surface area contributed by atoms with Crippen LogP contribution in [0.1, 0.15) is 24.0 Å². The van der Waals surface area contributed by atoms with Gasteiger partial charge in [0.2, 0.25) is 0 Å². The van der Waals surface area contributed by atoms with Crippen LogP contribution in [-0.4, -0.2) is 32.2 Å². The van der Waals surface area contributed by atoms with Crippen molar-refractivity contribution in [2.45, 2.75) is 31.5 Å². The molecular formula is C15H19F3N2O2. The number of carbonyl (C=O) groups is 1. The van der Waals surface area contributed by atoms with Crippen molar-refractivity contribution >= 4 is 11.7 Å². The summed E-state index contributed by atoms with van der Waals surface area (Å²) >= 11 is 0. The number of ether oxygens (including phenoxy) is 1. The van der Waals surface area contributed by atoms with E-state index < -0.39 is 23.8 Å². The van der Waals surface area contributed by atoms with Crippen molar-refractivity contribution in [3.63, 3.8) is 0 Å². The minimum atomic E-state index is -4.44. The molecule has 4 nitrogen and oxygen atoms in total. The predicted molar refractivity (Wildman–Crippen MR) is 76.6 cm³/mol. The summed E-state index contributed by atoms with van der Waals surface area (Å²) in [4.78, 5) is 13.0. The molecular weight excluding hydrogens is 297 g/mol. The molecule has 0 spiro atoms. The largest absolute Gasteiger partial charge is 0.468 e. The Labute approximate surface area is 127 Å². The molecule has 7 heteroatoms. The zero-order chi connectivity index (χ0) is 16.3. The molecule has 1 atom stereocenters. The van der Waals surface area contributed by atoms with E-state index in [4.69, 9.17) is 5.73 Å². The zero-order valence-electron chi connectivity index (χ0n) is 12.3. The van der Waals surface area contributed by atoms with Gasteiger partial charge in [-0.3, -0.25) is 4.79 Å². The highest BCUT2D eigenvalue weighted by atomic mass is 19.4. The molecule has 0 bridgehead atoms. The van der Waals surface area contributed by atoms with Gasteiger partial charge in [-0.2, -0.15) is 13.2 Å². The fourth-order valence-corrected chi connectivity index (χ4v) is 2.66. The topological polar surface area (TPSA) is 55.6 Å². The van der Waals surface area contributed by atoms with E-state index in [1.807, 2.05) is 0 Å². The summed E-state index contributed by atoms with van der Waals surface area (Å²) in [5.41, 5.74) is 5.50. The number of benzene rings is 1. The first-order valence-electron chi connectivity index (χ1n) is 7.11. The first-order chi connectivity index (χ1) is 10.3. The SMILES string of the molecule is COC(=O)C(N)Cc1ccc(N2CCCC2)c(C(F)(F)F)c1. The molecule has 0 aliphatic carbocycles. The number of anilines is 1. The maximum Gasteiger partial charge on any atom is 0.418 e. The highest BCUT2D eigenvalue weighted by molar-refractivity contribution is 5.75. The van der Waals surface area contributed by atoms with E-state index in [-0.39, 0.29) is 12.1 Å². The Morgan fingerprint density at radius 2 is 2.00 bits per heavy atom. The van der Waals surface area contributed by atoms with Gasteiger partial charge in [0.25, 0.3) is 0 Å². The van der Waals surface area contributed by atoms with Crippen LogP contribution in [0.5, 0.6) is 0 Å². The summed E-state index contributed by atoms with van der Waals surface area (Å²) in [5, 5.41) is 0. The van der Waals surface area contributed by atoms with Crippen molar-refractivity contribution in [1.29, 1.82) is 0 Å². The van der Waals surface area contributed by atoms with Gasteiger partial charge in [0.1, 0.15) is 6.04 Å². The first-order valence-corrected chi connectivity index (χ1v) is 7.11. The second-order valence-electron chi connectivity index (χ2n) is 5.38. The lowest BCUT2D eigenvalue weighted by molar-refractivity contribution is -0.142. The number of nitrogens with two attached hydrogens (primary N) is 1. The molecule has 22 heavy (non-hydrogen) atoms. The Kier molecular flexibility index (Phi) is 4.95. The summed E-state index contributed by atoms with van der Waals surface area (Å²) in [6.07, 6.45) is -2.64. The Bertz CT molecular complexity index is 540. The molecule has 1 aliphatic heterocycles. The molecule has 122 valence electrons. The van der Waals surface area contributed by atoms with E-state index in [9.17, 15) is 18.0 Å². The van der Waals surface area contributed by atoms with Gasteiger partial charge in [-0.1, -0.05) is 6.07 Å². The normalized spacial score (nSPS) is 16.7. The second-order valence-corrected chi connectivity index (χ2v) is 5.38. The molecule has 1 aliphatic rings. The van der Waals surface area contributed by atoms with Crippen molar-refractivity contribution in [3.8, 4) is 0 Å². The number of methoxy groups -OCH3 is 1. The predicted octanol–water partition coefficient (Wildman–Crippen LogP) is 2.35. The lowest BCUT2D eigenvalue weighted by Gasteiger charge is -2.23. The van der Waals surface area contributed by atoms with Crippen LogP contribution in [0.15, 0.2) is 18.2 Å². The number of rotatable bonds is 4. The molecule has 1 unspecified atom stereocenters. The minimum absolute atomic E-state index is 0.00995. The number of carbonyl (C=O) groups excluding carboxylic acids is 1. The van der Waals surface area contributed by atoms with Crippen LogP contribution in [0.25, 0.3) is 0 Å². The Balaban J connectivity index is 2.29. The highest BCUT2D eigenvalue weighted by Crippen LogP contribution is 2.38. The van der Waals surface area contributed by atoms with Crippen LogP contribution in [0.2, 0.25) is 0 Å². The second kappa shape index (κ2) is 6.56. The summed E-state index contributed by atoms with van der Waals surface area (Å²) < 4.78 is 44.4. The number of esters is 1. The molecule has 2 N–H and O–H groups in total. The molecule has 1 aromatic carbocycles. The molecule has 0 aromatic heterocycles. The standard InChI is InChI=1S/C15H19F3N2O2/c1-22-14(21)12(19)9-10-4-5-13(20-6-2-3-7-20)11(8-10)15(16,17)18/h4-5,8,12H,2-3,6-7,9,19H2,1H3. The van der Waals surface area contributed by atoms with Gasteiger partial charge in [-0.05, 0) is 37.0 Å². The fourth-order valence-electron chi connectivity index (χ4n) is 2.66. The van der Waals surface area contributed by atoms with Crippen molar-refractivity contribution in [2.75, 3.05) is 25.1 Å². The summed E-state index contributed by atoms with van der Waals surface area (Å²) in [6, 6.07) is 3.17. The Morgan fingerprint density at radius 1 is 1.36 bits per heavy atom. The van der Waals surface area contributed by atoms with Crippen molar-refractivity contribution in [1.82, 2.24) is 0 Å². The molecule has 0 saturated carbocycles. The molecule has 2 rings (SSSR count). The van der Waals surface area contributed by atoms with Gasteiger partial charge in [-0.25, -0.2) is 0 Å². The van der Waals surface area contributed by atoms with Crippen LogP contribution in [0, 0.1) is 0 Å². The van der Waals surface area contributed by atoms with Crippen molar-refractivity contribution in [3.05, 3.63) is 29.3 Å². The third-order valence-corrected chi connectivity index (χ3v) is 3.77. The third kappa shape index (κ3) is 3.71. The molecule has 1 aromatic rings. The number of nitrogens with zero attached hydrogens (tertiary/aromatic N) is 1. The average Bonchev–Trinajstić information content (AvgIpc) is 2.99. The number of halogens is 3. The monoisotopic (exact) mass is 316 g/mol. The maximum absolute atomic E-state index is 13.3. The van der Waals surface area contributed by atoms with Gasteiger partial charge < -0.3 is 15.4 Å². The van der Waals surface area contributed by atoms with E-state index in [1.54, 1.807) is 11.0 Å². The first kappa shape index (κ1) is 16.6. The number of hydrogen-bond acceptors (Lipinski definition) is 4. The van der Waals surface area contributed by atoms with E-state index >= 15 is 0 Å². The fraction of sp³-hybridized carbons (Fsp3) is 0.533.